The van der Waals surface area contributed by atoms with Gasteiger partial charge in [0, 0.05) is 12.3 Å². The zero-order valence-electron chi connectivity index (χ0n) is 9.91. The Balaban J connectivity index is 2.97. The molecule has 0 saturated carbocycles. The summed E-state index contributed by atoms with van der Waals surface area (Å²) in [5, 5.41) is 11.0. The van der Waals surface area contributed by atoms with Crippen LogP contribution in [0.15, 0.2) is 17.3 Å². The molecule has 0 unspecified atom stereocenters. The van der Waals surface area contributed by atoms with E-state index < -0.39 is 10.9 Å². The van der Waals surface area contributed by atoms with Crippen LogP contribution in [-0.4, -0.2) is 29.6 Å². The Labute approximate surface area is 108 Å². The number of pyridine rings is 1. The molecule has 1 rings (SSSR count). The Morgan fingerprint density at radius 1 is 1.61 bits per heavy atom. The quantitative estimate of drug-likeness (QED) is 0.258. The molecule has 0 radical (unpaired) electrons. The predicted molar refractivity (Wildman–Crippen MR) is 64.3 cm³/mol. The van der Waals surface area contributed by atoms with Gasteiger partial charge in [-0.05, 0) is 6.42 Å². The molecule has 0 fully saturated rings. The average Bonchev–Trinajstić information content (AvgIpc) is 2.38. The van der Waals surface area contributed by atoms with Gasteiger partial charge in [-0.25, -0.2) is 9.78 Å². The third-order valence-corrected chi connectivity index (χ3v) is 2.63. The van der Waals surface area contributed by atoms with Crippen molar-refractivity contribution in [3.05, 3.63) is 27.9 Å². The van der Waals surface area contributed by atoms with Crippen LogP contribution in [0.2, 0.25) is 0 Å². The summed E-state index contributed by atoms with van der Waals surface area (Å²) >= 11 is 0.823. The van der Waals surface area contributed by atoms with Crippen LogP contribution >= 0.6 is 12.0 Å². The van der Waals surface area contributed by atoms with E-state index in [9.17, 15) is 14.9 Å². The highest BCUT2D eigenvalue weighted by Crippen LogP contribution is 2.28. The SMILES string of the molecule is CCCOSc1ncc(C(=O)OC)cc1[N+](=O)[O-]. The molecule has 1 aromatic rings. The topological polar surface area (TPSA) is 91.6 Å². The lowest BCUT2D eigenvalue weighted by molar-refractivity contribution is -0.388. The Kier molecular flexibility index (Phi) is 5.53. The molecule has 8 heteroatoms. The molecule has 0 saturated heterocycles. The second kappa shape index (κ2) is 6.92. The van der Waals surface area contributed by atoms with Gasteiger partial charge >= 0.3 is 11.7 Å². The Hall–Kier alpha value is -1.67. The standard InChI is InChI=1S/C10H12N2O5S/c1-3-4-17-18-9-8(12(14)15)5-7(6-11-9)10(13)16-2/h5-6H,3-4H2,1-2H3. The van der Waals surface area contributed by atoms with Crippen LogP contribution < -0.4 is 0 Å². The lowest BCUT2D eigenvalue weighted by atomic mass is 10.3. The maximum atomic E-state index is 11.2. The first-order valence-corrected chi connectivity index (χ1v) is 5.86. The molecule has 98 valence electrons. The smallest absolute Gasteiger partial charge is 0.339 e. The fraction of sp³-hybridized carbons (Fsp3) is 0.400. The lowest BCUT2D eigenvalue weighted by Gasteiger charge is -2.03. The minimum atomic E-state index is -0.670. The van der Waals surface area contributed by atoms with Crippen LogP contribution in [0.5, 0.6) is 0 Å². The van der Waals surface area contributed by atoms with Crippen molar-refractivity contribution in [1.82, 2.24) is 4.98 Å². The second-order valence-electron chi connectivity index (χ2n) is 3.20. The molecule has 0 spiro atoms. The van der Waals surface area contributed by atoms with E-state index in [1.807, 2.05) is 6.92 Å². The molecular formula is C10H12N2O5S. The lowest BCUT2D eigenvalue weighted by Crippen LogP contribution is -2.04. The molecule has 0 amide bonds. The molecule has 0 N–H and O–H groups in total. The molecule has 0 aliphatic carbocycles. The van der Waals surface area contributed by atoms with Crippen molar-refractivity contribution in [2.75, 3.05) is 13.7 Å². The summed E-state index contributed by atoms with van der Waals surface area (Å²) in [5.41, 5.74) is -0.247. The zero-order valence-corrected chi connectivity index (χ0v) is 10.7. The van der Waals surface area contributed by atoms with Crippen LogP contribution in [0.25, 0.3) is 0 Å². The molecule has 1 heterocycles. The number of rotatable bonds is 6. The van der Waals surface area contributed by atoms with E-state index in [0.29, 0.717) is 6.61 Å². The fourth-order valence-electron chi connectivity index (χ4n) is 1.05. The number of aromatic nitrogens is 1. The highest BCUT2D eigenvalue weighted by Gasteiger charge is 2.20. The zero-order chi connectivity index (χ0) is 13.5. The van der Waals surface area contributed by atoms with Gasteiger partial charge in [0.15, 0.2) is 0 Å². The van der Waals surface area contributed by atoms with Gasteiger partial charge in [0.2, 0.25) is 5.03 Å². The predicted octanol–water partition coefficient (Wildman–Crippen LogP) is 2.21. The number of methoxy groups -OCH3 is 1. The molecule has 1 aromatic heterocycles. The molecule has 0 aliphatic heterocycles. The van der Waals surface area contributed by atoms with Gasteiger partial charge in [-0.3, -0.25) is 10.1 Å². The van der Waals surface area contributed by atoms with Gasteiger partial charge in [-0.2, -0.15) is 0 Å². The van der Waals surface area contributed by atoms with Crippen molar-refractivity contribution in [2.45, 2.75) is 18.4 Å². The molecular weight excluding hydrogens is 260 g/mol. The normalized spacial score (nSPS) is 10.1. The molecule has 0 atom stereocenters. The van der Waals surface area contributed by atoms with Crippen molar-refractivity contribution in [3.8, 4) is 0 Å². The number of hydrogen-bond donors (Lipinski definition) is 0. The first kappa shape index (κ1) is 14.4. The van der Waals surface area contributed by atoms with E-state index in [0.717, 1.165) is 24.5 Å². The van der Waals surface area contributed by atoms with E-state index in [1.54, 1.807) is 0 Å². The summed E-state index contributed by atoms with van der Waals surface area (Å²) in [6, 6.07) is 1.12. The van der Waals surface area contributed by atoms with Gasteiger partial charge in [-0.1, -0.05) is 6.92 Å². The van der Waals surface area contributed by atoms with Gasteiger partial charge in [0.05, 0.1) is 36.2 Å². The average molecular weight is 272 g/mol. The third kappa shape index (κ3) is 3.67. The Morgan fingerprint density at radius 3 is 2.89 bits per heavy atom. The third-order valence-electron chi connectivity index (χ3n) is 1.88. The van der Waals surface area contributed by atoms with Crippen LogP contribution in [0.4, 0.5) is 5.69 Å². The van der Waals surface area contributed by atoms with Gasteiger partial charge < -0.3 is 8.92 Å². The molecule has 0 aliphatic rings. The van der Waals surface area contributed by atoms with Crippen LogP contribution in [-0.2, 0) is 8.92 Å². The largest absolute Gasteiger partial charge is 0.465 e. The number of carbonyl (C=O) groups excluding carboxylic acids is 1. The molecule has 7 nitrogen and oxygen atoms in total. The van der Waals surface area contributed by atoms with Crippen molar-refractivity contribution in [1.29, 1.82) is 0 Å². The highest BCUT2D eigenvalue weighted by atomic mass is 32.2. The number of carbonyl (C=O) groups is 1. The number of ether oxygens (including phenoxy) is 1. The van der Waals surface area contributed by atoms with Crippen molar-refractivity contribution in [2.24, 2.45) is 0 Å². The van der Waals surface area contributed by atoms with E-state index in [4.69, 9.17) is 4.18 Å². The fourth-order valence-corrected chi connectivity index (χ4v) is 1.72. The number of esters is 1. The summed E-state index contributed by atoms with van der Waals surface area (Å²) in [6.45, 7) is 2.38. The van der Waals surface area contributed by atoms with Crippen molar-refractivity contribution < 1.29 is 18.6 Å². The van der Waals surface area contributed by atoms with Crippen LogP contribution in [0.1, 0.15) is 23.7 Å². The summed E-state index contributed by atoms with van der Waals surface area (Å²) in [4.78, 5) is 25.3. The second-order valence-corrected chi connectivity index (χ2v) is 3.99. The summed E-state index contributed by atoms with van der Waals surface area (Å²) < 4.78 is 9.59. The van der Waals surface area contributed by atoms with E-state index in [2.05, 4.69) is 9.72 Å². The minimum Gasteiger partial charge on any atom is -0.465 e. The Morgan fingerprint density at radius 2 is 2.33 bits per heavy atom. The van der Waals surface area contributed by atoms with E-state index in [-0.39, 0.29) is 16.3 Å². The van der Waals surface area contributed by atoms with Gasteiger partial charge in [0.1, 0.15) is 0 Å². The number of nitrogens with zero attached hydrogens (tertiary/aromatic N) is 2. The number of nitro groups is 1. The highest BCUT2D eigenvalue weighted by molar-refractivity contribution is 7.94. The molecule has 0 bridgehead atoms. The maximum absolute atomic E-state index is 11.2. The Bertz CT molecular complexity index is 452. The number of hydrogen-bond acceptors (Lipinski definition) is 7. The molecule has 18 heavy (non-hydrogen) atoms. The van der Waals surface area contributed by atoms with Crippen molar-refractivity contribution >= 4 is 23.7 Å². The van der Waals surface area contributed by atoms with Crippen LogP contribution in [0.3, 0.4) is 0 Å². The maximum Gasteiger partial charge on any atom is 0.339 e. The van der Waals surface area contributed by atoms with Crippen LogP contribution in [0, 0.1) is 10.1 Å². The molecule has 0 aromatic carbocycles. The van der Waals surface area contributed by atoms with E-state index >= 15 is 0 Å². The first-order chi connectivity index (χ1) is 8.60. The monoisotopic (exact) mass is 272 g/mol. The van der Waals surface area contributed by atoms with E-state index in [1.165, 1.54) is 13.3 Å². The minimum absolute atomic E-state index is 0.0315. The first-order valence-electron chi connectivity index (χ1n) is 5.12. The summed E-state index contributed by atoms with van der Waals surface area (Å²) in [5.74, 6) is -0.670. The van der Waals surface area contributed by atoms with Crippen molar-refractivity contribution in [3.63, 3.8) is 0 Å². The summed E-state index contributed by atoms with van der Waals surface area (Å²) in [7, 11) is 1.20. The van der Waals surface area contributed by atoms with Gasteiger partial charge in [0.25, 0.3) is 0 Å². The summed E-state index contributed by atoms with van der Waals surface area (Å²) in [6.07, 6.45) is 2.01. The van der Waals surface area contributed by atoms with Gasteiger partial charge in [-0.15, -0.1) is 0 Å².